The Morgan fingerprint density at radius 2 is 0.950 bits per heavy atom. The molecule has 0 aliphatic rings. The first-order valence-electron chi connectivity index (χ1n) is 13.4. The molecule has 0 saturated carbocycles. The zero-order chi connectivity index (χ0) is 26.2. The zero-order valence-corrected chi connectivity index (χ0v) is 21.4. The van der Waals surface area contributed by atoms with E-state index in [2.05, 4.69) is 124 Å². The molecule has 0 radical (unpaired) electrons. The summed E-state index contributed by atoms with van der Waals surface area (Å²) < 4.78 is 4.48. The van der Waals surface area contributed by atoms with E-state index in [1.165, 1.54) is 16.2 Å². The highest BCUT2D eigenvalue weighted by atomic mass is 15.1. The molecule has 0 spiro atoms. The van der Waals surface area contributed by atoms with Crippen LogP contribution in [0.2, 0.25) is 0 Å². The van der Waals surface area contributed by atoms with E-state index in [-0.39, 0.29) is 0 Å². The van der Waals surface area contributed by atoms with Crippen LogP contribution in [0.3, 0.4) is 0 Å². The molecule has 0 aliphatic heterocycles. The Bertz CT molecular complexity index is 2270. The second kappa shape index (κ2) is 7.98. The van der Waals surface area contributed by atoms with Gasteiger partial charge in [-0.25, -0.2) is 9.97 Å². The predicted molar refractivity (Wildman–Crippen MR) is 164 cm³/mol. The van der Waals surface area contributed by atoms with Crippen LogP contribution in [0.1, 0.15) is 0 Å². The number of hydrogen-bond donors (Lipinski definition) is 0. The summed E-state index contributed by atoms with van der Waals surface area (Å²) in [7, 11) is 0. The molecule has 186 valence electrons. The second-order valence-corrected chi connectivity index (χ2v) is 10.1. The second-order valence-electron chi connectivity index (χ2n) is 10.1. The maximum atomic E-state index is 5.44. The zero-order valence-electron chi connectivity index (χ0n) is 21.4. The first-order valence-corrected chi connectivity index (χ1v) is 13.4. The standard InChI is InChI=1S/C35H21N5/c1-3-14-24-22(10-1)12-7-18-27(24)39-29-17-6-5-16-26(29)31-34(39)38-35-33(37-31)32-30(20-9-21-36-32)40(35)28-19-8-13-23-11-2-4-15-25(23)28/h1-21H. The number of nitrogens with zero attached hydrogens (tertiary/aromatic N) is 5. The molecule has 0 unspecified atom stereocenters. The van der Waals surface area contributed by atoms with Crippen molar-refractivity contribution in [2.75, 3.05) is 0 Å². The van der Waals surface area contributed by atoms with Gasteiger partial charge in [-0.2, -0.15) is 0 Å². The number of benzene rings is 5. The number of hydrogen-bond acceptors (Lipinski definition) is 3. The minimum atomic E-state index is 0.793. The van der Waals surface area contributed by atoms with Gasteiger partial charge in [0.2, 0.25) is 0 Å². The lowest BCUT2D eigenvalue weighted by atomic mass is 10.1. The molecule has 5 heteroatoms. The van der Waals surface area contributed by atoms with Gasteiger partial charge in [-0.15, -0.1) is 0 Å². The Kier molecular flexibility index (Phi) is 4.27. The van der Waals surface area contributed by atoms with Crippen LogP contribution < -0.4 is 0 Å². The van der Waals surface area contributed by atoms with E-state index < -0.39 is 0 Å². The fourth-order valence-corrected chi connectivity index (χ4v) is 6.22. The van der Waals surface area contributed by atoms with Gasteiger partial charge in [0.25, 0.3) is 0 Å². The van der Waals surface area contributed by atoms with Gasteiger partial charge in [0.15, 0.2) is 11.3 Å². The normalized spacial score (nSPS) is 12.0. The summed E-state index contributed by atoms with van der Waals surface area (Å²) in [6.07, 6.45) is 1.83. The van der Waals surface area contributed by atoms with Crippen LogP contribution >= 0.6 is 0 Å². The molecule has 0 fully saturated rings. The first-order chi connectivity index (χ1) is 19.9. The van der Waals surface area contributed by atoms with E-state index in [1.807, 2.05) is 12.3 Å². The third-order valence-corrected chi connectivity index (χ3v) is 7.95. The van der Waals surface area contributed by atoms with E-state index in [0.29, 0.717) is 0 Å². The molecule has 40 heavy (non-hydrogen) atoms. The van der Waals surface area contributed by atoms with Crippen LogP contribution in [0.25, 0.3) is 77.2 Å². The molecule has 0 saturated heterocycles. The summed E-state index contributed by atoms with van der Waals surface area (Å²) in [4.78, 5) is 15.6. The van der Waals surface area contributed by atoms with Crippen molar-refractivity contribution in [3.05, 3.63) is 128 Å². The van der Waals surface area contributed by atoms with Crippen molar-refractivity contribution in [3.63, 3.8) is 0 Å². The summed E-state index contributed by atoms with van der Waals surface area (Å²) in [6, 6.07) is 42.3. The van der Waals surface area contributed by atoms with Crippen LogP contribution in [0, 0.1) is 0 Å². The van der Waals surface area contributed by atoms with Gasteiger partial charge < -0.3 is 0 Å². The lowest BCUT2D eigenvalue weighted by Gasteiger charge is -2.12. The van der Waals surface area contributed by atoms with Gasteiger partial charge >= 0.3 is 0 Å². The van der Waals surface area contributed by atoms with Crippen molar-refractivity contribution in [3.8, 4) is 11.4 Å². The molecule has 9 rings (SSSR count). The lowest BCUT2D eigenvalue weighted by Crippen LogP contribution is -2.00. The molecule has 0 aliphatic carbocycles. The average molecular weight is 512 g/mol. The maximum Gasteiger partial charge on any atom is 0.168 e. The number of fused-ring (bicyclic) bond motifs is 8. The fraction of sp³-hybridized carbons (Fsp3) is 0. The molecule has 4 heterocycles. The summed E-state index contributed by atoms with van der Waals surface area (Å²) in [5.41, 5.74) is 8.36. The number of aromatic nitrogens is 5. The number of pyridine rings is 1. The van der Waals surface area contributed by atoms with Crippen LogP contribution in [0.5, 0.6) is 0 Å². The van der Waals surface area contributed by atoms with Crippen molar-refractivity contribution in [2.45, 2.75) is 0 Å². The highest BCUT2D eigenvalue weighted by Gasteiger charge is 2.22. The molecule has 9 aromatic rings. The predicted octanol–water partition coefficient (Wildman–Crippen LogP) is 8.37. The topological polar surface area (TPSA) is 48.5 Å². The molecule has 0 amide bonds. The monoisotopic (exact) mass is 511 g/mol. The molecule has 5 aromatic carbocycles. The maximum absolute atomic E-state index is 5.44. The third kappa shape index (κ3) is 2.83. The van der Waals surface area contributed by atoms with Crippen molar-refractivity contribution in [2.24, 2.45) is 0 Å². The quantitative estimate of drug-likeness (QED) is 0.234. The minimum absolute atomic E-state index is 0.793. The lowest BCUT2D eigenvalue weighted by molar-refractivity contribution is 1.11. The van der Waals surface area contributed by atoms with Gasteiger partial charge in [0.05, 0.1) is 22.4 Å². The Labute approximate surface area is 228 Å². The summed E-state index contributed by atoms with van der Waals surface area (Å²) in [5, 5.41) is 5.77. The van der Waals surface area contributed by atoms with Gasteiger partial charge in [0, 0.05) is 22.4 Å². The largest absolute Gasteiger partial charge is 0.292 e. The van der Waals surface area contributed by atoms with Crippen LogP contribution in [-0.4, -0.2) is 24.1 Å². The molecular formula is C35H21N5. The molecule has 0 atom stereocenters. The van der Waals surface area contributed by atoms with E-state index in [0.717, 1.165) is 61.0 Å². The molecule has 0 N–H and O–H groups in total. The van der Waals surface area contributed by atoms with Crippen molar-refractivity contribution < 1.29 is 0 Å². The Balaban J connectivity index is 1.49. The third-order valence-electron chi connectivity index (χ3n) is 7.95. The van der Waals surface area contributed by atoms with Gasteiger partial charge in [-0.1, -0.05) is 91.0 Å². The number of para-hydroxylation sites is 1. The highest BCUT2D eigenvalue weighted by molar-refractivity contribution is 6.13. The minimum Gasteiger partial charge on any atom is -0.292 e. The Morgan fingerprint density at radius 3 is 1.68 bits per heavy atom. The van der Waals surface area contributed by atoms with Crippen molar-refractivity contribution in [1.82, 2.24) is 24.1 Å². The summed E-state index contributed by atoms with van der Waals surface area (Å²) in [6.45, 7) is 0. The molecule has 0 bridgehead atoms. The molecular weight excluding hydrogens is 490 g/mol. The van der Waals surface area contributed by atoms with E-state index >= 15 is 0 Å². The van der Waals surface area contributed by atoms with Gasteiger partial charge in [-0.05, 0) is 41.1 Å². The van der Waals surface area contributed by atoms with Crippen LogP contribution in [0.15, 0.2) is 128 Å². The summed E-state index contributed by atoms with van der Waals surface area (Å²) in [5.74, 6) is 0. The molecule has 5 nitrogen and oxygen atoms in total. The van der Waals surface area contributed by atoms with E-state index in [4.69, 9.17) is 15.0 Å². The average Bonchev–Trinajstić information content (AvgIpc) is 3.51. The Hall–Kier alpha value is -5.55. The van der Waals surface area contributed by atoms with Gasteiger partial charge in [-0.3, -0.25) is 14.1 Å². The molecule has 4 aromatic heterocycles. The van der Waals surface area contributed by atoms with Crippen LogP contribution in [-0.2, 0) is 0 Å². The first kappa shape index (κ1) is 21.4. The van der Waals surface area contributed by atoms with Crippen LogP contribution in [0.4, 0.5) is 0 Å². The number of rotatable bonds is 2. The van der Waals surface area contributed by atoms with Gasteiger partial charge in [0.1, 0.15) is 16.6 Å². The highest BCUT2D eigenvalue weighted by Crippen LogP contribution is 2.37. The fourth-order valence-electron chi connectivity index (χ4n) is 6.22. The Morgan fingerprint density at radius 1 is 0.400 bits per heavy atom. The SMILES string of the molecule is c1ccc2c(-n3c4ccccc4c4nc5c6ncccc6n(-c6cccc7ccccc67)c5nc43)cccc2c1. The van der Waals surface area contributed by atoms with Crippen molar-refractivity contribution in [1.29, 1.82) is 0 Å². The van der Waals surface area contributed by atoms with Crippen molar-refractivity contribution >= 4 is 65.8 Å². The smallest absolute Gasteiger partial charge is 0.168 e. The van der Waals surface area contributed by atoms with E-state index in [9.17, 15) is 0 Å². The van der Waals surface area contributed by atoms with E-state index in [1.54, 1.807) is 0 Å². The summed E-state index contributed by atoms with van der Waals surface area (Å²) >= 11 is 0.